The number of Topliss-reactive ketones (excluding diaryl/α,β-unsaturated/α-hetero) is 1. The van der Waals surface area contributed by atoms with Gasteiger partial charge in [0, 0.05) is 13.0 Å². The van der Waals surface area contributed by atoms with Gasteiger partial charge in [0.15, 0.2) is 17.1 Å². The Balaban J connectivity index is 1.74. The van der Waals surface area contributed by atoms with Gasteiger partial charge >= 0.3 is 0 Å². The predicted octanol–water partition coefficient (Wildman–Crippen LogP) is 3.27. The highest BCUT2D eigenvalue weighted by Gasteiger charge is 2.61. The van der Waals surface area contributed by atoms with Crippen LogP contribution in [0.5, 0.6) is 5.88 Å². The van der Waals surface area contributed by atoms with E-state index in [9.17, 15) is 9.59 Å². The number of nitrogens with zero attached hydrogens (tertiary/aromatic N) is 1. The van der Waals surface area contributed by atoms with E-state index in [2.05, 4.69) is 24.3 Å². The smallest absolute Gasteiger partial charge is 0.265 e. The highest BCUT2D eigenvalue weighted by molar-refractivity contribution is 6.23. The Bertz CT molecular complexity index is 965. The molecule has 0 radical (unpaired) electrons. The average molecular weight is 410 g/mol. The van der Waals surface area contributed by atoms with Crippen LogP contribution in [-0.2, 0) is 16.1 Å². The third kappa shape index (κ3) is 3.28. The Labute approximate surface area is 175 Å². The van der Waals surface area contributed by atoms with Gasteiger partial charge in [0.2, 0.25) is 5.78 Å². The van der Waals surface area contributed by atoms with Crippen LogP contribution in [0.1, 0.15) is 48.0 Å². The molecule has 1 aromatic carbocycles. The fourth-order valence-electron chi connectivity index (χ4n) is 4.29. The average Bonchev–Trinajstić information content (AvgIpc) is 3.17. The van der Waals surface area contributed by atoms with Gasteiger partial charge in [-0.1, -0.05) is 50.3 Å². The molecule has 3 atom stereocenters. The molecule has 0 saturated heterocycles. The SMILES string of the molecule is COC12C(=O)C=CCC1C(NCC(C)C)c1onc(OCc3ccccc3)c1C2=O. The van der Waals surface area contributed by atoms with Crippen LogP contribution in [0.2, 0.25) is 0 Å². The number of rotatable bonds is 7. The van der Waals surface area contributed by atoms with Crippen molar-refractivity contribution in [3.63, 3.8) is 0 Å². The zero-order valence-electron chi connectivity index (χ0n) is 17.4. The molecule has 0 fully saturated rings. The quantitative estimate of drug-likeness (QED) is 0.701. The monoisotopic (exact) mass is 410 g/mol. The number of methoxy groups -OCH3 is 1. The van der Waals surface area contributed by atoms with E-state index in [-0.39, 0.29) is 23.8 Å². The lowest BCUT2D eigenvalue weighted by molar-refractivity contribution is -0.139. The molecule has 1 aromatic heterocycles. The number of fused-ring (bicyclic) bond motifs is 2. The minimum absolute atomic E-state index is 0.0902. The normalized spacial score (nSPS) is 25.3. The molecule has 4 rings (SSSR count). The van der Waals surface area contributed by atoms with Crippen LogP contribution in [0, 0.1) is 11.8 Å². The van der Waals surface area contributed by atoms with E-state index in [0.717, 1.165) is 5.56 Å². The van der Waals surface area contributed by atoms with E-state index in [1.54, 1.807) is 6.08 Å². The van der Waals surface area contributed by atoms with Gasteiger partial charge in [-0.15, -0.1) is 0 Å². The molecule has 30 heavy (non-hydrogen) atoms. The lowest BCUT2D eigenvalue weighted by Crippen LogP contribution is -2.61. The third-order valence-electron chi connectivity index (χ3n) is 5.77. The molecule has 1 N–H and O–H groups in total. The summed E-state index contributed by atoms with van der Waals surface area (Å²) in [5.74, 6) is -0.366. The van der Waals surface area contributed by atoms with E-state index in [4.69, 9.17) is 14.0 Å². The molecule has 2 aromatic rings. The van der Waals surface area contributed by atoms with Crippen molar-refractivity contribution in [1.82, 2.24) is 10.5 Å². The molecule has 158 valence electrons. The Morgan fingerprint density at radius 2 is 2.03 bits per heavy atom. The summed E-state index contributed by atoms with van der Waals surface area (Å²) in [4.78, 5) is 26.5. The summed E-state index contributed by atoms with van der Waals surface area (Å²) in [6, 6.07) is 9.18. The van der Waals surface area contributed by atoms with Gasteiger partial charge in [0.1, 0.15) is 12.2 Å². The highest BCUT2D eigenvalue weighted by Crippen LogP contribution is 2.49. The Kier molecular flexibility index (Phi) is 5.58. The molecule has 0 amide bonds. The van der Waals surface area contributed by atoms with Crippen molar-refractivity contribution in [1.29, 1.82) is 0 Å². The summed E-state index contributed by atoms with van der Waals surface area (Å²) in [6.07, 6.45) is 3.73. The Hall–Kier alpha value is -2.77. The fourth-order valence-corrected chi connectivity index (χ4v) is 4.29. The number of carbonyl (C=O) groups is 2. The van der Waals surface area contributed by atoms with E-state index < -0.39 is 23.3 Å². The van der Waals surface area contributed by atoms with Gasteiger partial charge in [-0.2, -0.15) is 0 Å². The van der Waals surface area contributed by atoms with Crippen LogP contribution >= 0.6 is 0 Å². The number of benzene rings is 1. The van der Waals surface area contributed by atoms with Crippen LogP contribution in [0.15, 0.2) is 47.0 Å². The Morgan fingerprint density at radius 3 is 2.73 bits per heavy atom. The molecule has 1 heterocycles. The van der Waals surface area contributed by atoms with Gasteiger partial charge in [0.25, 0.3) is 5.88 Å². The van der Waals surface area contributed by atoms with Crippen LogP contribution < -0.4 is 10.1 Å². The molecule has 7 heteroatoms. The number of carbonyl (C=O) groups excluding carboxylic acids is 2. The molecule has 0 saturated carbocycles. The summed E-state index contributed by atoms with van der Waals surface area (Å²) >= 11 is 0. The van der Waals surface area contributed by atoms with Gasteiger partial charge in [-0.05, 0) is 35.7 Å². The summed E-state index contributed by atoms with van der Waals surface area (Å²) in [7, 11) is 1.41. The molecular weight excluding hydrogens is 384 g/mol. The number of hydrogen-bond acceptors (Lipinski definition) is 7. The Morgan fingerprint density at radius 1 is 1.27 bits per heavy atom. The fraction of sp³-hybridized carbons (Fsp3) is 0.435. The number of aromatic nitrogens is 1. The third-order valence-corrected chi connectivity index (χ3v) is 5.77. The molecule has 2 aliphatic rings. The molecular formula is C23H26N2O5. The van der Waals surface area contributed by atoms with Gasteiger partial charge in [-0.3, -0.25) is 9.59 Å². The zero-order valence-corrected chi connectivity index (χ0v) is 17.4. The van der Waals surface area contributed by atoms with Crippen LogP contribution in [0.3, 0.4) is 0 Å². The van der Waals surface area contributed by atoms with E-state index in [1.165, 1.54) is 13.2 Å². The van der Waals surface area contributed by atoms with Crippen molar-refractivity contribution in [2.75, 3.05) is 13.7 Å². The van der Waals surface area contributed by atoms with Crippen molar-refractivity contribution < 1.29 is 23.6 Å². The molecule has 3 unspecified atom stereocenters. The molecule has 7 nitrogen and oxygen atoms in total. The second-order valence-corrected chi connectivity index (χ2v) is 8.16. The minimum Gasteiger partial charge on any atom is -0.470 e. The van der Waals surface area contributed by atoms with Crippen molar-refractivity contribution >= 4 is 11.6 Å². The second-order valence-electron chi connectivity index (χ2n) is 8.16. The van der Waals surface area contributed by atoms with Gasteiger partial charge < -0.3 is 19.3 Å². The maximum atomic E-state index is 13.6. The zero-order chi connectivity index (χ0) is 21.3. The number of ether oxygens (including phenoxy) is 2. The van der Waals surface area contributed by atoms with Crippen LogP contribution in [0.4, 0.5) is 0 Å². The summed E-state index contributed by atoms with van der Waals surface area (Å²) in [6.45, 7) is 5.10. The van der Waals surface area contributed by atoms with E-state index in [1.807, 2.05) is 30.3 Å². The number of allylic oxidation sites excluding steroid dienone is 1. The van der Waals surface area contributed by atoms with E-state index in [0.29, 0.717) is 24.6 Å². The standard InChI is InChI=1S/C23H26N2O5/c1-14(2)12-24-19-16-10-7-11-17(26)23(16,28-3)21(27)18-20(19)30-25-22(18)29-13-15-8-5-4-6-9-15/h4-9,11,14,16,19,24H,10,12-13H2,1-3H3. The number of hydrogen-bond donors (Lipinski definition) is 1. The first kappa shape index (κ1) is 20.5. The minimum atomic E-state index is -1.60. The topological polar surface area (TPSA) is 90.7 Å². The van der Waals surface area contributed by atoms with Crippen molar-refractivity contribution in [3.8, 4) is 5.88 Å². The van der Waals surface area contributed by atoms with Crippen molar-refractivity contribution in [2.45, 2.75) is 38.5 Å². The lowest BCUT2D eigenvalue weighted by Gasteiger charge is -2.44. The first-order chi connectivity index (χ1) is 14.5. The summed E-state index contributed by atoms with van der Waals surface area (Å²) < 4.78 is 17.1. The maximum absolute atomic E-state index is 13.6. The van der Waals surface area contributed by atoms with Crippen LogP contribution in [-0.4, -0.2) is 36.0 Å². The second kappa shape index (κ2) is 8.16. The van der Waals surface area contributed by atoms with Gasteiger partial charge in [-0.25, -0.2) is 0 Å². The first-order valence-electron chi connectivity index (χ1n) is 10.2. The van der Waals surface area contributed by atoms with E-state index >= 15 is 0 Å². The largest absolute Gasteiger partial charge is 0.470 e. The molecule has 0 spiro atoms. The number of ketones is 2. The first-order valence-corrected chi connectivity index (χ1v) is 10.2. The van der Waals surface area contributed by atoms with Crippen molar-refractivity contribution in [3.05, 3.63) is 59.4 Å². The molecule has 0 aliphatic heterocycles. The summed E-state index contributed by atoms with van der Waals surface area (Å²) in [5.41, 5.74) is -0.482. The molecule has 0 bridgehead atoms. The van der Waals surface area contributed by atoms with Crippen LogP contribution in [0.25, 0.3) is 0 Å². The lowest BCUT2D eigenvalue weighted by atomic mass is 9.65. The van der Waals surface area contributed by atoms with Crippen molar-refractivity contribution in [2.24, 2.45) is 11.8 Å². The summed E-state index contributed by atoms with van der Waals surface area (Å²) in [5, 5.41) is 7.50. The molecule has 2 aliphatic carbocycles. The predicted molar refractivity (Wildman–Crippen MR) is 109 cm³/mol. The highest BCUT2D eigenvalue weighted by atomic mass is 16.5. The number of nitrogens with one attached hydrogen (secondary N) is 1. The van der Waals surface area contributed by atoms with Gasteiger partial charge in [0.05, 0.1) is 6.04 Å². The maximum Gasteiger partial charge on any atom is 0.265 e.